The van der Waals surface area contributed by atoms with Gasteiger partial charge < -0.3 is 14.4 Å². The van der Waals surface area contributed by atoms with Crippen molar-refractivity contribution < 1.29 is 9.47 Å². The minimum atomic E-state index is 0.793. The van der Waals surface area contributed by atoms with Crippen LogP contribution in [0.2, 0.25) is 0 Å². The van der Waals surface area contributed by atoms with Crippen LogP contribution in [0.25, 0.3) is 0 Å². The normalized spacial score (nSPS) is 15.6. The number of piperazine rings is 1. The maximum Gasteiger partial charge on any atom is 0.161 e. The predicted octanol–water partition coefficient (Wildman–Crippen LogP) is 3.84. The first-order valence-corrected chi connectivity index (χ1v) is 9.98. The molecule has 0 N–H and O–H groups in total. The third kappa shape index (κ3) is 5.98. The second-order valence-corrected chi connectivity index (χ2v) is 7.25. The van der Waals surface area contributed by atoms with Crippen LogP contribution >= 0.6 is 0 Å². The molecule has 0 bridgehead atoms. The lowest BCUT2D eigenvalue weighted by molar-refractivity contribution is 0.125. The summed E-state index contributed by atoms with van der Waals surface area (Å²) in [6.45, 7) is 6.79. The van der Waals surface area contributed by atoms with Gasteiger partial charge in [0.05, 0.1) is 14.2 Å². The average Bonchev–Trinajstić information content (AvgIpc) is 2.73. The van der Waals surface area contributed by atoms with E-state index in [1.165, 1.54) is 50.0 Å². The smallest absolute Gasteiger partial charge is 0.161 e. The highest BCUT2D eigenvalue weighted by atomic mass is 16.5. The van der Waals surface area contributed by atoms with E-state index in [0.717, 1.165) is 31.1 Å². The molecule has 0 aromatic heterocycles. The molecule has 146 valence electrons. The fourth-order valence-electron chi connectivity index (χ4n) is 3.72. The molecule has 1 aliphatic rings. The van der Waals surface area contributed by atoms with Crippen molar-refractivity contribution in [2.24, 2.45) is 0 Å². The molecule has 4 heteroatoms. The Morgan fingerprint density at radius 3 is 2.15 bits per heavy atom. The summed E-state index contributed by atoms with van der Waals surface area (Å²) < 4.78 is 10.7. The number of methoxy groups -OCH3 is 2. The third-order valence-electron chi connectivity index (χ3n) is 5.35. The number of ether oxygens (including phenoxy) is 2. The molecule has 3 rings (SSSR count). The summed E-state index contributed by atoms with van der Waals surface area (Å²) in [5, 5.41) is 0. The van der Waals surface area contributed by atoms with Crippen molar-refractivity contribution in [2.45, 2.75) is 25.8 Å². The molecule has 1 saturated heterocycles. The van der Waals surface area contributed by atoms with Gasteiger partial charge in [-0.15, -0.1) is 0 Å². The minimum absolute atomic E-state index is 0.793. The quantitative estimate of drug-likeness (QED) is 0.628. The molecule has 0 unspecified atom stereocenters. The number of rotatable bonds is 9. The first-order valence-electron chi connectivity index (χ1n) is 9.98. The summed E-state index contributed by atoms with van der Waals surface area (Å²) in [6, 6.07) is 17.0. The zero-order valence-electron chi connectivity index (χ0n) is 16.7. The van der Waals surface area contributed by atoms with Crippen LogP contribution < -0.4 is 9.47 Å². The van der Waals surface area contributed by atoms with E-state index in [-0.39, 0.29) is 0 Å². The van der Waals surface area contributed by atoms with Crippen molar-refractivity contribution in [1.82, 2.24) is 9.80 Å². The van der Waals surface area contributed by atoms with Gasteiger partial charge in [0.1, 0.15) is 0 Å². The van der Waals surface area contributed by atoms with Gasteiger partial charge in [0.2, 0.25) is 0 Å². The Hall–Kier alpha value is -2.04. The van der Waals surface area contributed by atoms with Crippen molar-refractivity contribution >= 4 is 0 Å². The molecule has 0 aliphatic carbocycles. The average molecular weight is 369 g/mol. The third-order valence-corrected chi connectivity index (χ3v) is 5.35. The molecule has 0 radical (unpaired) electrons. The van der Waals surface area contributed by atoms with Crippen molar-refractivity contribution in [1.29, 1.82) is 0 Å². The number of benzene rings is 2. The van der Waals surface area contributed by atoms with Gasteiger partial charge in [0.15, 0.2) is 11.5 Å². The number of aryl methyl sites for hydroxylation is 1. The van der Waals surface area contributed by atoms with Gasteiger partial charge in [-0.2, -0.15) is 0 Å². The molecule has 0 saturated carbocycles. The Morgan fingerprint density at radius 2 is 1.44 bits per heavy atom. The Bertz CT molecular complexity index is 682. The Balaban J connectivity index is 1.36. The fourth-order valence-corrected chi connectivity index (χ4v) is 3.72. The van der Waals surface area contributed by atoms with Crippen LogP contribution in [-0.4, -0.2) is 56.7 Å². The first kappa shape index (κ1) is 19.7. The van der Waals surface area contributed by atoms with E-state index in [2.05, 4.69) is 52.3 Å². The Morgan fingerprint density at radius 1 is 0.741 bits per heavy atom. The number of unbranched alkanes of at least 4 members (excludes halogenated alkanes) is 1. The molecule has 27 heavy (non-hydrogen) atoms. The molecule has 4 nitrogen and oxygen atoms in total. The highest BCUT2D eigenvalue weighted by Crippen LogP contribution is 2.28. The van der Waals surface area contributed by atoms with Gasteiger partial charge in [-0.1, -0.05) is 36.4 Å². The van der Waals surface area contributed by atoms with Crippen LogP contribution in [0.4, 0.5) is 0 Å². The Labute approximate surface area is 163 Å². The van der Waals surface area contributed by atoms with Crippen LogP contribution in [0.15, 0.2) is 48.5 Å². The zero-order chi connectivity index (χ0) is 18.9. The number of nitrogens with zero attached hydrogens (tertiary/aromatic N) is 2. The summed E-state index contributed by atoms with van der Waals surface area (Å²) in [5.41, 5.74) is 2.74. The van der Waals surface area contributed by atoms with Crippen LogP contribution in [0.1, 0.15) is 24.0 Å². The predicted molar refractivity (Wildman–Crippen MR) is 111 cm³/mol. The second-order valence-electron chi connectivity index (χ2n) is 7.25. The molecule has 0 amide bonds. The summed E-state index contributed by atoms with van der Waals surface area (Å²) in [6.07, 6.45) is 3.75. The van der Waals surface area contributed by atoms with E-state index in [1.54, 1.807) is 14.2 Å². The van der Waals surface area contributed by atoms with Crippen molar-refractivity contribution in [2.75, 3.05) is 46.9 Å². The first-order chi connectivity index (χ1) is 13.3. The summed E-state index contributed by atoms with van der Waals surface area (Å²) >= 11 is 0. The highest BCUT2D eigenvalue weighted by molar-refractivity contribution is 5.42. The van der Waals surface area contributed by atoms with E-state index in [4.69, 9.17) is 9.47 Å². The SMILES string of the molecule is COc1ccc(CN2CCN(CCCCc3ccccc3)CC2)cc1OC. The summed E-state index contributed by atoms with van der Waals surface area (Å²) in [7, 11) is 3.37. The molecule has 1 aliphatic heterocycles. The van der Waals surface area contributed by atoms with E-state index < -0.39 is 0 Å². The van der Waals surface area contributed by atoms with Crippen molar-refractivity contribution in [3.8, 4) is 11.5 Å². The molecule has 0 atom stereocenters. The molecular weight excluding hydrogens is 336 g/mol. The molecule has 0 spiro atoms. The van der Waals surface area contributed by atoms with E-state index in [0.29, 0.717) is 0 Å². The maximum absolute atomic E-state index is 5.42. The molecule has 1 heterocycles. The lowest BCUT2D eigenvalue weighted by atomic mass is 10.1. The topological polar surface area (TPSA) is 24.9 Å². The van der Waals surface area contributed by atoms with Gasteiger partial charge >= 0.3 is 0 Å². The Kier molecular flexibility index (Phi) is 7.55. The van der Waals surface area contributed by atoms with Gasteiger partial charge in [-0.3, -0.25) is 4.90 Å². The van der Waals surface area contributed by atoms with Gasteiger partial charge in [0.25, 0.3) is 0 Å². The standard InChI is InChI=1S/C23H32N2O2/c1-26-22-12-11-21(18-23(22)27-2)19-25-16-14-24(15-17-25)13-7-6-10-20-8-4-3-5-9-20/h3-5,8-9,11-12,18H,6-7,10,13-17,19H2,1-2H3. The van der Waals surface area contributed by atoms with E-state index in [1.807, 2.05) is 6.07 Å². The van der Waals surface area contributed by atoms with Crippen LogP contribution in [0.3, 0.4) is 0 Å². The largest absolute Gasteiger partial charge is 0.493 e. The molecule has 1 fully saturated rings. The lowest BCUT2D eigenvalue weighted by Gasteiger charge is -2.34. The van der Waals surface area contributed by atoms with Crippen LogP contribution in [0.5, 0.6) is 11.5 Å². The van der Waals surface area contributed by atoms with E-state index in [9.17, 15) is 0 Å². The van der Waals surface area contributed by atoms with Crippen molar-refractivity contribution in [3.63, 3.8) is 0 Å². The highest BCUT2D eigenvalue weighted by Gasteiger charge is 2.17. The van der Waals surface area contributed by atoms with Crippen LogP contribution in [0, 0.1) is 0 Å². The van der Waals surface area contributed by atoms with Gasteiger partial charge in [-0.25, -0.2) is 0 Å². The van der Waals surface area contributed by atoms with E-state index >= 15 is 0 Å². The summed E-state index contributed by atoms with van der Waals surface area (Å²) in [4.78, 5) is 5.14. The number of hydrogen-bond donors (Lipinski definition) is 0. The van der Waals surface area contributed by atoms with Crippen LogP contribution in [-0.2, 0) is 13.0 Å². The van der Waals surface area contributed by atoms with Gasteiger partial charge in [0, 0.05) is 32.7 Å². The van der Waals surface area contributed by atoms with Crippen molar-refractivity contribution in [3.05, 3.63) is 59.7 Å². The second kappa shape index (κ2) is 10.3. The molecule has 2 aromatic carbocycles. The molecule has 2 aromatic rings. The lowest BCUT2D eigenvalue weighted by Crippen LogP contribution is -2.46. The minimum Gasteiger partial charge on any atom is -0.493 e. The fraction of sp³-hybridized carbons (Fsp3) is 0.478. The zero-order valence-corrected chi connectivity index (χ0v) is 16.7. The molecular formula is C23H32N2O2. The van der Waals surface area contributed by atoms with Gasteiger partial charge in [-0.05, 0) is 49.1 Å². The summed E-state index contributed by atoms with van der Waals surface area (Å²) in [5.74, 6) is 1.61. The monoisotopic (exact) mass is 368 g/mol. The number of hydrogen-bond acceptors (Lipinski definition) is 4. The maximum atomic E-state index is 5.42.